The van der Waals surface area contributed by atoms with E-state index < -0.39 is 47.9 Å². The van der Waals surface area contributed by atoms with Crippen molar-refractivity contribution in [3.05, 3.63) is 70.8 Å². The van der Waals surface area contributed by atoms with E-state index in [1.54, 1.807) is 43.3 Å². The predicted octanol–water partition coefficient (Wildman–Crippen LogP) is -1.36. The van der Waals surface area contributed by atoms with Crippen LogP contribution in [0.15, 0.2) is 48.5 Å². The van der Waals surface area contributed by atoms with Gasteiger partial charge in [-0.15, -0.1) is 0 Å². The number of amides is 3. The lowest BCUT2D eigenvalue weighted by atomic mass is 10.1. The smallest absolute Gasteiger partial charge is 0.329 e. The molecule has 2 rings (SSSR count). The molecule has 0 aliphatic heterocycles. The van der Waals surface area contributed by atoms with Crippen molar-refractivity contribution in [2.24, 2.45) is 11.5 Å². The standard InChI is InChI=1S/C17H18N2O4.C16H17N3O4/c1-12(18)15(17(22)23-2)19-16(21)14-9-7-13(8-10-14)6-4-3-5-11-20;1-11(17)14(16(22)19-23)18-15(21)13-8-6-12(7-9-13)5-3-2-4-10-20/h7-10,12,15,20H,11,18H2,1-2H3,(H,19,21);6-9,11,14,20,23H,10,17H2,1H3,(H,18,21)(H,19,22)/t12-,15+;11-,14+/m11/s1. The second-order valence-electron chi connectivity index (χ2n) is 9.19. The molecule has 240 valence electrons. The third-order valence-corrected chi connectivity index (χ3v) is 5.64. The lowest BCUT2D eigenvalue weighted by molar-refractivity contribution is -0.143. The van der Waals surface area contributed by atoms with E-state index in [9.17, 15) is 19.2 Å². The van der Waals surface area contributed by atoms with Crippen molar-refractivity contribution >= 4 is 23.7 Å². The van der Waals surface area contributed by atoms with Gasteiger partial charge in [0.1, 0.15) is 25.3 Å². The summed E-state index contributed by atoms with van der Waals surface area (Å²) in [6.45, 7) is 2.64. The summed E-state index contributed by atoms with van der Waals surface area (Å²) in [7, 11) is 1.23. The van der Waals surface area contributed by atoms with E-state index in [4.69, 9.17) is 26.9 Å². The number of hydroxylamine groups is 1. The van der Waals surface area contributed by atoms with Crippen molar-refractivity contribution in [3.8, 4) is 47.4 Å². The summed E-state index contributed by atoms with van der Waals surface area (Å²) in [6.07, 6.45) is 0. The quantitative estimate of drug-likeness (QED) is 0.0740. The number of ether oxygens (including phenoxy) is 1. The Balaban J connectivity index is 0.000000460. The highest BCUT2D eigenvalue weighted by Crippen LogP contribution is 2.06. The van der Waals surface area contributed by atoms with Gasteiger partial charge in [0.05, 0.1) is 7.11 Å². The largest absolute Gasteiger partial charge is 0.467 e. The van der Waals surface area contributed by atoms with E-state index in [0.717, 1.165) is 0 Å². The number of aliphatic hydroxyl groups excluding tert-OH is 2. The van der Waals surface area contributed by atoms with Gasteiger partial charge < -0.3 is 37.1 Å². The average molecular weight is 630 g/mol. The van der Waals surface area contributed by atoms with Gasteiger partial charge in [-0.2, -0.15) is 0 Å². The molecule has 0 aliphatic rings. The van der Waals surface area contributed by atoms with Crippen LogP contribution < -0.4 is 27.6 Å². The van der Waals surface area contributed by atoms with E-state index in [1.807, 2.05) is 0 Å². The zero-order chi connectivity index (χ0) is 34.5. The number of hydrogen-bond acceptors (Lipinski definition) is 10. The normalized spacial score (nSPS) is 11.8. The third kappa shape index (κ3) is 13.8. The molecule has 0 aromatic heterocycles. The predicted molar refractivity (Wildman–Crippen MR) is 168 cm³/mol. The summed E-state index contributed by atoms with van der Waals surface area (Å²) < 4.78 is 4.61. The van der Waals surface area contributed by atoms with E-state index in [1.165, 1.54) is 31.6 Å². The summed E-state index contributed by atoms with van der Waals surface area (Å²) in [5.74, 6) is 18.0. The molecule has 0 fully saturated rings. The van der Waals surface area contributed by atoms with Crippen molar-refractivity contribution in [3.63, 3.8) is 0 Å². The number of benzene rings is 2. The highest BCUT2D eigenvalue weighted by Gasteiger charge is 2.26. The van der Waals surface area contributed by atoms with Crippen LogP contribution >= 0.6 is 0 Å². The van der Waals surface area contributed by atoms with Gasteiger partial charge in [0, 0.05) is 34.3 Å². The molecular weight excluding hydrogens is 594 g/mol. The molecule has 0 heterocycles. The first-order valence-corrected chi connectivity index (χ1v) is 13.5. The highest BCUT2D eigenvalue weighted by molar-refractivity contribution is 5.98. The molecule has 13 heteroatoms. The fourth-order valence-corrected chi connectivity index (χ4v) is 3.27. The maximum atomic E-state index is 12.1. The first-order chi connectivity index (χ1) is 22.0. The number of rotatable bonds is 8. The Hall–Kier alpha value is -5.64. The summed E-state index contributed by atoms with van der Waals surface area (Å²) in [4.78, 5) is 47.2. The van der Waals surface area contributed by atoms with Crippen LogP contribution in [0.25, 0.3) is 0 Å². The van der Waals surface area contributed by atoms with Crippen LogP contribution in [0.4, 0.5) is 0 Å². The van der Waals surface area contributed by atoms with Crippen LogP contribution in [0.3, 0.4) is 0 Å². The number of aliphatic hydroxyl groups is 2. The van der Waals surface area contributed by atoms with Gasteiger partial charge in [0.15, 0.2) is 0 Å². The molecule has 0 spiro atoms. The molecular formula is C33H35N5O8. The van der Waals surface area contributed by atoms with Crippen LogP contribution in [0.2, 0.25) is 0 Å². The van der Waals surface area contributed by atoms with Crippen molar-refractivity contribution in [1.29, 1.82) is 0 Å². The third-order valence-electron chi connectivity index (χ3n) is 5.64. The highest BCUT2D eigenvalue weighted by atomic mass is 16.5. The number of nitrogens with two attached hydrogens (primary N) is 2. The van der Waals surface area contributed by atoms with Gasteiger partial charge >= 0.3 is 5.97 Å². The zero-order valence-corrected chi connectivity index (χ0v) is 25.4. The average Bonchev–Trinajstić information content (AvgIpc) is 3.06. The molecule has 0 unspecified atom stereocenters. The van der Waals surface area contributed by atoms with Crippen LogP contribution in [-0.4, -0.2) is 83.6 Å². The monoisotopic (exact) mass is 629 g/mol. The van der Waals surface area contributed by atoms with Gasteiger partial charge in [0.25, 0.3) is 17.7 Å². The lowest BCUT2D eigenvalue weighted by Crippen LogP contribution is -2.54. The number of esters is 1. The molecule has 13 nitrogen and oxygen atoms in total. The minimum absolute atomic E-state index is 0.241. The molecule has 0 saturated heterocycles. The summed E-state index contributed by atoms with van der Waals surface area (Å²) >= 11 is 0. The molecule has 46 heavy (non-hydrogen) atoms. The van der Waals surface area contributed by atoms with Gasteiger partial charge in [-0.3, -0.25) is 19.6 Å². The minimum Gasteiger partial charge on any atom is -0.467 e. The van der Waals surface area contributed by atoms with Crippen molar-refractivity contribution < 1.29 is 39.3 Å². The first-order valence-electron chi connectivity index (χ1n) is 13.5. The van der Waals surface area contributed by atoms with Crippen molar-refractivity contribution in [2.75, 3.05) is 20.3 Å². The fraction of sp³-hybridized carbons (Fsp3) is 0.273. The Morgan fingerprint density at radius 1 is 0.717 bits per heavy atom. The number of carbonyl (C=O) groups is 4. The SMILES string of the molecule is COC(=O)[C@@H](NC(=O)c1ccc(C#CC#CCO)cc1)[C@@H](C)N.C[C@@H](N)[C@H](NC(=O)c1ccc(C#CC#CCO)cc1)C(=O)NO. The number of nitrogens with one attached hydrogen (secondary N) is 3. The maximum absolute atomic E-state index is 12.1. The molecule has 0 aliphatic carbocycles. The summed E-state index contributed by atoms with van der Waals surface area (Å²) in [6, 6.07) is 9.54. The molecule has 0 saturated carbocycles. The number of methoxy groups -OCH3 is 1. The van der Waals surface area contributed by atoms with E-state index in [-0.39, 0.29) is 13.2 Å². The van der Waals surface area contributed by atoms with Gasteiger partial charge in [-0.25, -0.2) is 10.3 Å². The molecule has 4 atom stereocenters. The van der Waals surface area contributed by atoms with Crippen molar-refractivity contribution in [2.45, 2.75) is 38.0 Å². The van der Waals surface area contributed by atoms with Gasteiger partial charge in [0.2, 0.25) is 0 Å². The second-order valence-corrected chi connectivity index (χ2v) is 9.19. The topological polar surface area (TPSA) is 226 Å². The van der Waals surface area contributed by atoms with Gasteiger partial charge in [-0.05, 0) is 86.1 Å². The fourth-order valence-electron chi connectivity index (χ4n) is 3.27. The number of hydrogen-bond donors (Lipinski definition) is 8. The Labute approximate surface area is 267 Å². The minimum atomic E-state index is -1.05. The number of carbonyl (C=O) groups excluding carboxylic acids is 4. The molecule has 0 bridgehead atoms. The molecule has 0 radical (unpaired) electrons. The molecule has 10 N–H and O–H groups in total. The van der Waals surface area contributed by atoms with E-state index in [0.29, 0.717) is 22.3 Å². The Morgan fingerprint density at radius 2 is 1.11 bits per heavy atom. The van der Waals surface area contributed by atoms with E-state index in [2.05, 4.69) is 62.7 Å². The summed E-state index contributed by atoms with van der Waals surface area (Å²) in [5, 5.41) is 30.6. The van der Waals surface area contributed by atoms with Crippen LogP contribution in [0.1, 0.15) is 45.7 Å². The summed E-state index contributed by atoms with van der Waals surface area (Å²) in [5.41, 5.74) is 14.7. The maximum Gasteiger partial charge on any atom is 0.329 e. The van der Waals surface area contributed by atoms with Crippen molar-refractivity contribution in [1.82, 2.24) is 16.1 Å². The second kappa shape index (κ2) is 21.1. The molecule has 2 aromatic rings. The molecule has 2 aromatic carbocycles. The lowest BCUT2D eigenvalue weighted by Gasteiger charge is -2.19. The van der Waals surface area contributed by atoms with Crippen LogP contribution in [0, 0.1) is 47.4 Å². The molecule has 3 amide bonds. The Bertz CT molecular complexity index is 1470. The first kappa shape index (κ1) is 38.4. The van der Waals surface area contributed by atoms with E-state index >= 15 is 0 Å². The Morgan fingerprint density at radius 3 is 1.43 bits per heavy atom. The van der Waals surface area contributed by atoms with Crippen LogP contribution in [-0.2, 0) is 14.3 Å². The van der Waals surface area contributed by atoms with Gasteiger partial charge in [-0.1, -0.05) is 23.7 Å². The zero-order valence-electron chi connectivity index (χ0n) is 25.4. The Kier molecular flexibility index (Phi) is 17.6. The van der Waals surface area contributed by atoms with Crippen LogP contribution in [0.5, 0.6) is 0 Å².